The van der Waals surface area contributed by atoms with Crippen LogP contribution in [0.5, 0.6) is 0 Å². The van der Waals surface area contributed by atoms with Crippen molar-refractivity contribution in [1.82, 2.24) is 0 Å². The van der Waals surface area contributed by atoms with E-state index in [-0.39, 0.29) is 24.2 Å². The zero-order chi connectivity index (χ0) is 20.7. The predicted molar refractivity (Wildman–Crippen MR) is 112 cm³/mol. The zero-order valence-electron chi connectivity index (χ0n) is 16.3. The van der Waals surface area contributed by atoms with Crippen molar-refractivity contribution in [3.63, 3.8) is 0 Å². The van der Waals surface area contributed by atoms with Gasteiger partial charge in [0.15, 0.2) is 11.4 Å². The number of carbonyl (C=O) groups is 2. The predicted octanol–water partition coefficient (Wildman–Crippen LogP) is 4.63. The first-order valence-electron chi connectivity index (χ1n) is 9.17. The molecular formula is C23H24ClNO3. The van der Waals surface area contributed by atoms with Crippen molar-refractivity contribution in [2.75, 3.05) is 11.4 Å². The van der Waals surface area contributed by atoms with Gasteiger partial charge in [-0.15, -0.1) is 6.58 Å². The second-order valence-corrected chi connectivity index (χ2v) is 8.59. The van der Waals surface area contributed by atoms with Crippen molar-refractivity contribution >= 4 is 29.0 Å². The Bertz CT molecular complexity index is 943. The lowest BCUT2D eigenvalue weighted by Gasteiger charge is -2.22. The van der Waals surface area contributed by atoms with Gasteiger partial charge in [-0.3, -0.25) is 9.59 Å². The molecule has 2 aromatic carbocycles. The Labute approximate surface area is 170 Å². The van der Waals surface area contributed by atoms with Crippen LogP contribution in [-0.4, -0.2) is 23.3 Å². The van der Waals surface area contributed by atoms with E-state index in [9.17, 15) is 14.7 Å². The van der Waals surface area contributed by atoms with Crippen molar-refractivity contribution in [1.29, 1.82) is 0 Å². The summed E-state index contributed by atoms with van der Waals surface area (Å²) in [5.41, 5.74) is 0.499. The molecule has 4 nitrogen and oxygen atoms in total. The highest BCUT2D eigenvalue weighted by atomic mass is 35.5. The Hall–Kier alpha value is -2.43. The Morgan fingerprint density at radius 1 is 1.21 bits per heavy atom. The van der Waals surface area contributed by atoms with E-state index < -0.39 is 11.5 Å². The minimum absolute atomic E-state index is 0.0257. The normalized spacial score (nSPS) is 18.9. The van der Waals surface area contributed by atoms with E-state index in [0.29, 0.717) is 21.8 Å². The number of hydrogen-bond donors (Lipinski definition) is 1. The maximum Gasteiger partial charge on any atom is 0.264 e. The van der Waals surface area contributed by atoms with Gasteiger partial charge in [-0.25, -0.2) is 0 Å². The van der Waals surface area contributed by atoms with Crippen LogP contribution in [0, 0.1) is 0 Å². The fraction of sp³-hybridized carbons (Fsp3) is 0.304. The van der Waals surface area contributed by atoms with E-state index in [0.717, 1.165) is 5.56 Å². The van der Waals surface area contributed by atoms with Gasteiger partial charge >= 0.3 is 0 Å². The molecule has 0 saturated carbocycles. The first-order valence-corrected chi connectivity index (χ1v) is 9.55. The van der Waals surface area contributed by atoms with Gasteiger partial charge in [-0.05, 0) is 29.2 Å². The number of benzene rings is 2. The smallest absolute Gasteiger partial charge is 0.264 e. The molecule has 0 fully saturated rings. The number of fused-ring (bicyclic) bond motifs is 1. The summed E-state index contributed by atoms with van der Waals surface area (Å²) in [6.45, 7) is 10.2. The van der Waals surface area contributed by atoms with Crippen molar-refractivity contribution in [2.24, 2.45) is 0 Å². The largest absolute Gasteiger partial charge is 0.375 e. The third kappa shape index (κ3) is 3.50. The lowest BCUT2D eigenvalue weighted by molar-refractivity contribution is -0.135. The molecule has 1 N–H and O–H groups in total. The number of halogens is 1. The molecule has 28 heavy (non-hydrogen) atoms. The summed E-state index contributed by atoms with van der Waals surface area (Å²) >= 11 is 6.09. The average Bonchev–Trinajstić information content (AvgIpc) is 2.83. The Kier molecular flexibility index (Phi) is 5.22. The molecular weight excluding hydrogens is 374 g/mol. The van der Waals surface area contributed by atoms with Gasteiger partial charge in [0, 0.05) is 22.7 Å². The van der Waals surface area contributed by atoms with Crippen molar-refractivity contribution in [3.05, 3.63) is 76.8 Å². The number of nitrogens with zero attached hydrogens (tertiary/aromatic N) is 1. The number of amides is 1. The second-order valence-electron chi connectivity index (χ2n) is 8.15. The number of rotatable bonds is 5. The number of hydrogen-bond acceptors (Lipinski definition) is 3. The molecule has 146 valence electrons. The molecule has 1 unspecified atom stereocenters. The summed E-state index contributed by atoms with van der Waals surface area (Å²) in [4.78, 5) is 27.3. The Morgan fingerprint density at radius 3 is 2.43 bits per heavy atom. The summed E-state index contributed by atoms with van der Waals surface area (Å²) in [5.74, 6) is -0.841. The molecule has 5 heteroatoms. The molecule has 0 aliphatic carbocycles. The first-order chi connectivity index (χ1) is 13.1. The van der Waals surface area contributed by atoms with E-state index in [1.165, 1.54) is 4.90 Å². The van der Waals surface area contributed by atoms with Gasteiger partial charge < -0.3 is 10.0 Å². The standard InChI is InChI=1S/C23H24ClNO3/c1-5-12-25-19-11-10-17(24)13-18(19)23(28,21(25)27)14-20(26)15-6-8-16(9-7-15)22(2,3)4/h5-11,13,28H,1,12,14H2,2-4H3. The van der Waals surface area contributed by atoms with Gasteiger partial charge in [-0.1, -0.05) is 62.7 Å². The molecule has 1 heterocycles. The SMILES string of the molecule is C=CCN1C(=O)C(O)(CC(=O)c2ccc(C(C)(C)C)cc2)c2cc(Cl)ccc21. The fourth-order valence-electron chi connectivity index (χ4n) is 3.49. The number of carbonyl (C=O) groups excluding carboxylic acids is 2. The van der Waals surface area contributed by atoms with Crippen molar-refractivity contribution in [3.8, 4) is 0 Å². The average molecular weight is 398 g/mol. The minimum Gasteiger partial charge on any atom is -0.375 e. The molecule has 1 aliphatic rings. The maximum atomic E-state index is 13.0. The van der Waals surface area contributed by atoms with Crippen LogP contribution in [-0.2, 0) is 15.8 Å². The van der Waals surface area contributed by atoms with E-state index in [1.807, 2.05) is 12.1 Å². The number of Topliss-reactive ketones (excluding diaryl/α,β-unsaturated/α-hetero) is 1. The van der Waals surface area contributed by atoms with Gasteiger partial charge in [-0.2, -0.15) is 0 Å². The monoisotopic (exact) mass is 397 g/mol. The highest BCUT2D eigenvalue weighted by Crippen LogP contribution is 2.44. The molecule has 0 radical (unpaired) electrons. The molecule has 0 saturated heterocycles. The molecule has 1 aliphatic heterocycles. The summed E-state index contributed by atoms with van der Waals surface area (Å²) in [6.07, 6.45) is 1.23. The van der Waals surface area contributed by atoms with Crippen LogP contribution >= 0.6 is 11.6 Å². The van der Waals surface area contributed by atoms with Gasteiger partial charge in [0.1, 0.15) is 0 Å². The van der Waals surface area contributed by atoms with Gasteiger partial charge in [0.05, 0.1) is 12.1 Å². The quantitative estimate of drug-likeness (QED) is 0.591. The fourth-order valence-corrected chi connectivity index (χ4v) is 3.67. The van der Waals surface area contributed by atoms with Crippen LogP contribution in [0.2, 0.25) is 5.02 Å². The molecule has 0 spiro atoms. The molecule has 2 aromatic rings. The number of ketones is 1. The van der Waals surface area contributed by atoms with E-state index in [1.54, 1.807) is 36.4 Å². The van der Waals surface area contributed by atoms with Crippen LogP contribution in [0.25, 0.3) is 0 Å². The van der Waals surface area contributed by atoms with E-state index >= 15 is 0 Å². The summed E-state index contributed by atoms with van der Waals surface area (Å²) in [6, 6.07) is 12.2. The Balaban J connectivity index is 1.94. The molecule has 0 aromatic heterocycles. The van der Waals surface area contributed by atoms with Gasteiger partial charge in [0.25, 0.3) is 5.91 Å². The van der Waals surface area contributed by atoms with E-state index in [4.69, 9.17) is 11.6 Å². The summed E-state index contributed by atoms with van der Waals surface area (Å²) < 4.78 is 0. The number of anilines is 1. The van der Waals surface area contributed by atoms with Crippen LogP contribution in [0.1, 0.15) is 48.7 Å². The molecule has 1 amide bonds. The summed E-state index contributed by atoms with van der Waals surface area (Å²) in [5, 5.41) is 11.6. The van der Waals surface area contributed by atoms with E-state index in [2.05, 4.69) is 27.4 Å². The summed E-state index contributed by atoms with van der Waals surface area (Å²) in [7, 11) is 0. The van der Waals surface area contributed by atoms with Crippen molar-refractivity contribution < 1.29 is 14.7 Å². The third-order valence-corrected chi connectivity index (χ3v) is 5.33. The zero-order valence-corrected chi connectivity index (χ0v) is 17.1. The molecule has 1 atom stereocenters. The van der Waals surface area contributed by atoms with Crippen molar-refractivity contribution in [2.45, 2.75) is 38.2 Å². The topological polar surface area (TPSA) is 57.6 Å². The van der Waals surface area contributed by atoms with Gasteiger partial charge in [0.2, 0.25) is 0 Å². The first kappa shape index (κ1) is 20.3. The van der Waals surface area contributed by atoms with Crippen LogP contribution in [0.4, 0.5) is 5.69 Å². The van der Waals surface area contributed by atoms with Crippen LogP contribution in [0.3, 0.4) is 0 Å². The molecule has 3 rings (SSSR count). The minimum atomic E-state index is -1.94. The van der Waals surface area contributed by atoms with Crippen LogP contribution < -0.4 is 4.90 Å². The maximum absolute atomic E-state index is 13.0. The Morgan fingerprint density at radius 2 is 1.86 bits per heavy atom. The second kappa shape index (κ2) is 7.19. The molecule has 0 bridgehead atoms. The number of aliphatic hydroxyl groups is 1. The van der Waals surface area contributed by atoms with Crippen LogP contribution in [0.15, 0.2) is 55.1 Å². The lowest BCUT2D eigenvalue weighted by Crippen LogP contribution is -2.41. The third-order valence-electron chi connectivity index (χ3n) is 5.09. The highest BCUT2D eigenvalue weighted by molar-refractivity contribution is 6.31. The lowest BCUT2D eigenvalue weighted by atomic mass is 9.85. The highest BCUT2D eigenvalue weighted by Gasteiger charge is 2.50.